The van der Waals surface area contributed by atoms with Gasteiger partial charge in [0.05, 0.1) is 6.10 Å². The van der Waals surface area contributed by atoms with Gasteiger partial charge in [-0.2, -0.15) is 0 Å². The zero-order valence-corrected chi connectivity index (χ0v) is 12.9. The normalized spacial score (nSPS) is 20.6. The molecule has 0 radical (unpaired) electrons. The van der Waals surface area contributed by atoms with E-state index in [4.69, 9.17) is 4.74 Å². The number of rotatable bonds is 6. The Balaban J connectivity index is 1.61. The minimum Gasteiger partial charge on any atom is -0.378 e. The monoisotopic (exact) mass is 289 g/mol. The van der Waals surface area contributed by atoms with E-state index in [9.17, 15) is 0 Å². The Morgan fingerprint density at radius 2 is 2.30 bits per heavy atom. The summed E-state index contributed by atoms with van der Waals surface area (Å²) in [5.74, 6) is 0. The zero-order valence-electron chi connectivity index (χ0n) is 12.1. The SMILES string of the molecule is CNC(CCC1CCCO1)Cc1csc2ccccc12. The summed E-state index contributed by atoms with van der Waals surface area (Å²) in [4.78, 5) is 0. The molecule has 1 fully saturated rings. The van der Waals surface area contributed by atoms with Gasteiger partial charge in [-0.15, -0.1) is 11.3 Å². The Kier molecular flexibility index (Phi) is 4.71. The molecule has 108 valence electrons. The Bertz CT molecular complexity index is 545. The van der Waals surface area contributed by atoms with Crippen molar-refractivity contribution in [2.45, 2.75) is 44.2 Å². The first-order chi connectivity index (χ1) is 9.86. The highest BCUT2D eigenvalue weighted by Gasteiger charge is 2.18. The van der Waals surface area contributed by atoms with E-state index in [-0.39, 0.29) is 0 Å². The lowest BCUT2D eigenvalue weighted by Gasteiger charge is -2.18. The van der Waals surface area contributed by atoms with Crippen LogP contribution in [0.3, 0.4) is 0 Å². The van der Waals surface area contributed by atoms with Gasteiger partial charge in [-0.25, -0.2) is 0 Å². The van der Waals surface area contributed by atoms with Gasteiger partial charge in [0.2, 0.25) is 0 Å². The lowest BCUT2D eigenvalue weighted by Crippen LogP contribution is -2.28. The van der Waals surface area contributed by atoms with Crippen molar-refractivity contribution < 1.29 is 4.74 Å². The highest BCUT2D eigenvalue weighted by molar-refractivity contribution is 7.17. The van der Waals surface area contributed by atoms with Gasteiger partial charge in [-0.05, 0) is 61.5 Å². The van der Waals surface area contributed by atoms with E-state index in [1.807, 2.05) is 11.3 Å². The summed E-state index contributed by atoms with van der Waals surface area (Å²) >= 11 is 1.86. The highest BCUT2D eigenvalue weighted by atomic mass is 32.1. The molecule has 1 aliphatic rings. The third-order valence-electron chi connectivity index (χ3n) is 4.30. The van der Waals surface area contributed by atoms with E-state index < -0.39 is 0 Å². The molecule has 1 aromatic heterocycles. The first-order valence-corrected chi connectivity index (χ1v) is 8.49. The van der Waals surface area contributed by atoms with Crippen molar-refractivity contribution in [1.82, 2.24) is 5.32 Å². The fraction of sp³-hybridized carbons (Fsp3) is 0.529. The summed E-state index contributed by atoms with van der Waals surface area (Å²) in [6.07, 6.45) is 6.50. The molecule has 2 unspecified atom stereocenters. The molecule has 2 nitrogen and oxygen atoms in total. The third-order valence-corrected chi connectivity index (χ3v) is 5.31. The molecule has 1 aromatic carbocycles. The number of ether oxygens (including phenoxy) is 1. The van der Waals surface area contributed by atoms with E-state index in [1.54, 1.807) is 0 Å². The molecule has 0 saturated carbocycles. The van der Waals surface area contributed by atoms with Crippen LogP contribution < -0.4 is 5.32 Å². The summed E-state index contributed by atoms with van der Waals surface area (Å²) < 4.78 is 7.13. The van der Waals surface area contributed by atoms with Gasteiger partial charge in [-0.3, -0.25) is 0 Å². The van der Waals surface area contributed by atoms with Crippen molar-refractivity contribution in [3.63, 3.8) is 0 Å². The maximum absolute atomic E-state index is 5.73. The number of hydrogen-bond acceptors (Lipinski definition) is 3. The van der Waals surface area contributed by atoms with Crippen molar-refractivity contribution in [2.75, 3.05) is 13.7 Å². The van der Waals surface area contributed by atoms with E-state index in [2.05, 4.69) is 42.0 Å². The smallest absolute Gasteiger partial charge is 0.0576 e. The van der Waals surface area contributed by atoms with Crippen molar-refractivity contribution in [3.05, 3.63) is 35.2 Å². The standard InChI is InChI=1S/C17H23NOS/c1-18-14(8-9-15-5-4-10-19-15)11-13-12-20-17-7-3-2-6-16(13)17/h2-3,6-7,12,14-15,18H,4-5,8-11H2,1H3. The lowest BCUT2D eigenvalue weighted by molar-refractivity contribution is 0.0998. The van der Waals surface area contributed by atoms with Crippen molar-refractivity contribution >= 4 is 21.4 Å². The molecule has 0 spiro atoms. The molecule has 0 amide bonds. The Morgan fingerprint density at radius 3 is 3.10 bits per heavy atom. The molecule has 1 saturated heterocycles. The predicted molar refractivity (Wildman–Crippen MR) is 86.6 cm³/mol. The first-order valence-electron chi connectivity index (χ1n) is 7.61. The Labute approximate surface area is 125 Å². The molecule has 1 N–H and O–H groups in total. The number of hydrogen-bond donors (Lipinski definition) is 1. The molecule has 2 atom stereocenters. The minimum atomic E-state index is 0.505. The van der Waals surface area contributed by atoms with Crippen LogP contribution in [0, 0.1) is 0 Å². The van der Waals surface area contributed by atoms with Crippen LogP contribution in [0.2, 0.25) is 0 Å². The average Bonchev–Trinajstić information content (AvgIpc) is 3.13. The highest BCUT2D eigenvalue weighted by Crippen LogP contribution is 2.27. The maximum atomic E-state index is 5.73. The number of likely N-dealkylation sites (N-methyl/N-ethyl adjacent to an activating group) is 1. The van der Waals surface area contributed by atoms with Crippen LogP contribution in [0.4, 0.5) is 0 Å². The van der Waals surface area contributed by atoms with Crippen molar-refractivity contribution in [2.24, 2.45) is 0 Å². The summed E-state index contributed by atoms with van der Waals surface area (Å²) in [6, 6.07) is 9.27. The van der Waals surface area contributed by atoms with Gasteiger partial charge in [0.1, 0.15) is 0 Å². The molecule has 1 aliphatic heterocycles. The van der Waals surface area contributed by atoms with Crippen LogP contribution in [0.25, 0.3) is 10.1 Å². The summed E-state index contributed by atoms with van der Waals surface area (Å²) in [6.45, 7) is 0.962. The molecule has 3 rings (SSSR count). The molecular formula is C17H23NOS. The number of thiophene rings is 1. The number of benzene rings is 1. The van der Waals surface area contributed by atoms with Gasteiger partial charge in [0.15, 0.2) is 0 Å². The Hall–Kier alpha value is -0.900. The van der Waals surface area contributed by atoms with Crippen LogP contribution in [0.15, 0.2) is 29.6 Å². The molecule has 20 heavy (non-hydrogen) atoms. The summed E-state index contributed by atoms with van der Waals surface area (Å²) in [5, 5.41) is 7.22. The summed E-state index contributed by atoms with van der Waals surface area (Å²) in [5.41, 5.74) is 1.48. The van der Waals surface area contributed by atoms with Crippen LogP contribution in [-0.2, 0) is 11.2 Å². The van der Waals surface area contributed by atoms with Gasteiger partial charge < -0.3 is 10.1 Å². The molecule has 3 heteroatoms. The first kappa shape index (κ1) is 14.1. The van der Waals surface area contributed by atoms with Crippen molar-refractivity contribution in [1.29, 1.82) is 0 Å². The van der Waals surface area contributed by atoms with E-state index >= 15 is 0 Å². The molecule has 2 heterocycles. The van der Waals surface area contributed by atoms with Crippen LogP contribution in [0.1, 0.15) is 31.2 Å². The topological polar surface area (TPSA) is 21.3 Å². The quantitative estimate of drug-likeness (QED) is 0.868. The zero-order chi connectivity index (χ0) is 13.8. The van der Waals surface area contributed by atoms with Crippen LogP contribution in [0.5, 0.6) is 0 Å². The average molecular weight is 289 g/mol. The largest absolute Gasteiger partial charge is 0.378 e. The molecule has 0 aliphatic carbocycles. The van der Waals surface area contributed by atoms with Gasteiger partial charge >= 0.3 is 0 Å². The van der Waals surface area contributed by atoms with Gasteiger partial charge in [0, 0.05) is 17.3 Å². The Morgan fingerprint density at radius 1 is 1.40 bits per heavy atom. The van der Waals surface area contributed by atoms with E-state index in [1.165, 1.54) is 41.3 Å². The molecular weight excluding hydrogens is 266 g/mol. The number of fused-ring (bicyclic) bond motifs is 1. The fourth-order valence-corrected chi connectivity index (χ4v) is 4.04. The van der Waals surface area contributed by atoms with Crippen LogP contribution >= 0.6 is 11.3 Å². The number of nitrogens with one attached hydrogen (secondary N) is 1. The van der Waals surface area contributed by atoms with E-state index in [0.717, 1.165) is 13.0 Å². The molecule has 0 bridgehead atoms. The van der Waals surface area contributed by atoms with Gasteiger partial charge in [0.25, 0.3) is 0 Å². The minimum absolute atomic E-state index is 0.505. The fourth-order valence-electron chi connectivity index (χ4n) is 3.06. The van der Waals surface area contributed by atoms with Crippen LogP contribution in [-0.4, -0.2) is 25.8 Å². The third kappa shape index (κ3) is 3.22. The molecule has 2 aromatic rings. The second-order valence-electron chi connectivity index (χ2n) is 5.66. The second kappa shape index (κ2) is 6.70. The summed E-state index contributed by atoms with van der Waals surface area (Å²) in [7, 11) is 2.08. The van der Waals surface area contributed by atoms with E-state index in [0.29, 0.717) is 12.1 Å². The lowest BCUT2D eigenvalue weighted by atomic mass is 9.99. The van der Waals surface area contributed by atoms with Crippen molar-refractivity contribution in [3.8, 4) is 0 Å². The predicted octanol–water partition coefficient (Wildman–Crippen LogP) is 3.99. The van der Waals surface area contributed by atoms with Gasteiger partial charge in [-0.1, -0.05) is 18.2 Å². The second-order valence-corrected chi connectivity index (χ2v) is 6.57. The maximum Gasteiger partial charge on any atom is 0.0576 e.